The van der Waals surface area contributed by atoms with E-state index in [4.69, 9.17) is 0 Å². The first kappa shape index (κ1) is 13.9. The van der Waals surface area contributed by atoms with Gasteiger partial charge in [-0.1, -0.05) is 13.0 Å². The second kappa shape index (κ2) is 6.58. The monoisotopic (exact) mass is 310 g/mol. The van der Waals surface area contributed by atoms with Gasteiger partial charge in [0.15, 0.2) is 0 Å². The number of hydrogen-bond donors (Lipinski definition) is 1. The van der Waals surface area contributed by atoms with Crippen molar-refractivity contribution in [1.29, 1.82) is 0 Å². The Morgan fingerprint density at radius 3 is 2.67 bits per heavy atom. The number of nitrogens with one attached hydrogen (secondary N) is 1. The maximum Gasteiger partial charge on any atom is 0.0510 e. The van der Waals surface area contributed by atoms with Gasteiger partial charge >= 0.3 is 0 Å². The summed E-state index contributed by atoms with van der Waals surface area (Å²) in [7, 11) is 0. The van der Waals surface area contributed by atoms with Crippen LogP contribution >= 0.6 is 15.9 Å². The fraction of sp³-hybridized carbons (Fsp3) is 0.600. The molecular weight excluding hydrogens is 288 g/mol. The van der Waals surface area contributed by atoms with Crippen molar-refractivity contribution in [1.82, 2.24) is 5.32 Å². The predicted molar refractivity (Wildman–Crippen MR) is 82.2 cm³/mol. The van der Waals surface area contributed by atoms with Crippen molar-refractivity contribution in [3.63, 3.8) is 0 Å². The van der Waals surface area contributed by atoms with Crippen molar-refractivity contribution in [3.05, 3.63) is 28.2 Å². The molecule has 0 aliphatic heterocycles. The molecule has 1 N–H and O–H groups in total. The molecule has 0 aromatic heterocycles. The normalized spacial score (nSPS) is 14.8. The molecule has 0 radical (unpaired) electrons. The van der Waals surface area contributed by atoms with Crippen molar-refractivity contribution in [2.24, 2.45) is 0 Å². The van der Waals surface area contributed by atoms with Gasteiger partial charge in [-0.3, -0.25) is 0 Å². The number of hydrogen-bond acceptors (Lipinski definition) is 2. The highest BCUT2D eigenvalue weighted by molar-refractivity contribution is 9.10. The van der Waals surface area contributed by atoms with Crippen molar-refractivity contribution >= 4 is 21.6 Å². The molecule has 0 atom stereocenters. The van der Waals surface area contributed by atoms with Gasteiger partial charge in [0.1, 0.15) is 0 Å². The fourth-order valence-electron chi connectivity index (χ4n) is 2.19. The smallest absolute Gasteiger partial charge is 0.0510 e. The number of rotatable bonds is 7. The summed E-state index contributed by atoms with van der Waals surface area (Å²) in [4.78, 5) is 2.42. The molecule has 100 valence electrons. The highest BCUT2D eigenvalue weighted by Gasteiger charge is 2.20. The molecule has 0 spiro atoms. The van der Waals surface area contributed by atoms with Crippen LogP contribution in [0.4, 0.5) is 5.69 Å². The molecule has 1 saturated carbocycles. The van der Waals surface area contributed by atoms with E-state index in [-0.39, 0.29) is 0 Å². The second-order valence-corrected chi connectivity index (χ2v) is 5.87. The predicted octanol–water partition coefficient (Wildman–Crippen LogP) is 3.94. The van der Waals surface area contributed by atoms with E-state index in [2.05, 4.69) is 58.2 Å². The average molecular weight is 311 g/mol. The number of nitrogens with zero attached hydrogens (tertiary/aromatic N) is 1. The van der Waals surface area contributed by atoms with E-state index in [9.17, 15) is 0 Å². The van der Waals surface area contributed by atoms with E-state index in [1.54, 1.807) is 0 Å². The second-order valence-electron chi connectivity index (χ2n) is 5.02. The van der Waals surface area contributed by atoms with Crippen LogP contribution in [0.1, 0.15) is 38.7 Å². The molecular formula is C15H23BrN2. The summed E-state index contributed by atoms with van der Waals surface area (Å²) in [5.74, 6) is 0. The molecule has 2 rings (SSSR count). The summed E-state index contributed by atoms with van der Waals surface area (Å²) in [6, 6.07) is 7.51. The van der Waals surface area contributed by atoms with E-state index >= 15 is 0 Å². The standard InChI is InChI=1S/C15H23BrN2/c1-3-9-18(4-2)15-8-5-12(10-14(15)16)11-17-13-6-7-13/h5,8,10,13,17H,3-4,6-7,9,11H2,1-2H3. The third-order valence-corrected chi connectivity index (χ3v) is 4.04. The van der Waals surface area contributed by atoms with E-state index in [0.717, 1.165) is 25.7 Å². The van der Waals surface area contributed by atoms with Gasteiger partial charge in [-0.15, -0.1) is 0 Å². The molecule has 0 saturated heterocycles. The third kappa shape index (κ3) is 3.72. The first-order valence-electron chi connectivity index (χ1n) is 7.01. The van der Waals surface area contributed by atoms with Gasteiger partial charge in [0.25, 0.3) is 0 Å². The maximum atomic E-state index is 3.71. The quantitative estimate of drug-likeness (QED) is 0.820. The topological polar surface area (TPSA) is 15.3 Å². The minimum atomic E-state index is 0.774. The van der Waals surface area contributed by atoms with E-state index in [0.29, 0.717) is 0 Å². The summed E-state index contributed by atoms with van der Waals surface area (Å²) < 4.78 is 1.22. The summed E-state index contributed by atoms with van der Waals surface area (Å²) in [5.41, 5.74) is 2.68. The molecule has 1 aromatic rings. The minimum Gasteiger partial charge on any atom is -0.371 e. The van der Waals surface area contributed by atoms with Gasteiger partial charge in [-0.25, -0.2) is 0 Å². The van der Waals surface area contributed by atoms with E-state index in [1.807, 2.05) is 0 Å². The molecule has 3 heteroatoms. The van der Waals surface area contributed by atoms with Gasteiger partial charge in [-0.05, 0) is 59.8 Å². The van der Waals surface area contributed by atoms with Crippen molar-refractivity contribution in [3.8, 4) is 0 Å². The Morgan fingerprint density at radius 1 is 1.33 bits per heavy atom. The minimum absolute atomic E-state index is 0.774. The molecule has 1 fully saturated rings. The van der Waals surface area contributed by atoms with Crippen LogP contribution in [0.5, 0.6) is 0 Å². The summed E-state index contributed by atoms with van der Waals surface area (Å²) in [5, 5.41) is 3.55. The van der Waals surface area contributed by atoms with Gasteiger partial charge in [0.05, 0.1) is 5.69 Å². The molecule has 2 nitrogen and oxygen atoms in total. The van der Waals surface area contributed by atoms with Gasteiger partial charge in [0, 0.05) is 30.1 Å². The van der Waals surface area contributed by atoms with Crippen LogP contribution in [-0.2, 0) is 6.54 Å². The van der Waals surface area contributed by atoms with E-state index < -0.39 is 0 Å². The Hall–Kier alpha value is -0.540. The van der Waals surface area contributed by atoms with Gasteiger partial charge < -0.3 is 10.2 Å². The Kier molecular flexibility index (Phi) is 5.07. The van der Waals surface area contributed by atoms with Crippen molar-refractivity contribution < 1.29 is 0 Å². The molecule has 0 bridgehead atoms. The first-order chi connectivity index (χ1) is 8.74. The summed E-state index contributed by atoms with van der Waals surface area (Å²) >= 11 is 3.71. The van der Waals surface area contributed by atoms with E-state index in [1.165, 1.54) is 35.0 Å². The zero-order valence-electron chi connectivity index (χ0n) is 11.4. The highest BCUT2D eigenvalue weighted by atomic mass is 79.9. The van der Waals surface area contributed by atoms with Gasteiger partial charge in [0.2, 0.25) is 0 Å². The molecule has 1 aliphatic carbocycles. The van der Waals surface area contributed by atoms with Crippen LogP contribution in [0, 0.1) is 0 Å². The molecule has 1 aromatic carbocycles. The highest BCUT2D eigenvalue weighted by Crippen LogP contribution is 2.28. The number of benzene rings is 1. The maximum absolute atomic E-state index is 3.71. The van der Waals surface area contributed by atoms with Crippen LogP contribution in [0.2, 0.25) is 0 Å². The lowest BCUT2D eigenvalue weighted by Crippen LogP contribution is -2.24. The average Bonchev–Trinajstić information content (AvgIpc) is 3.18. The van der Waals surface area contributed by atoms with Crippen LogP contribution in [0.25, 0.3) is 0 Å². The lowest BCUT2D eigenvalue weighted by Gasteiger charge is -2.24. The molecule has 0 amide bonds. The molecule has 0 heterocycles. The Balaban J connectivity index is 2.02. The Bertz CT molecular complexity index is 388. The number of halogens is 1. The Morgan fingerprint density at radius 2 is 2.11 bits per heavy atom. The fourth-order valence-corrected chi connectivity index (χ4v) is 2.86. The lowest BCUT2D eigenvalue weighted by atomic mass is 10.2. The van der Waals surface area contributed by atoms with Crippen molar-refractivity contribution in [2.75, 3.05) is 18.0 Å². The van der Waals surface area contributed by atoms with Crippen LogP contribution < -0.4 is 10.2 Å². The largest absolute Gasteiger partial charge is 0.371 e. The zero-order chi connectivity index (χ0) is 13.0. The third-order valence-electron chi connectivity index (χ3n) is 3.40. The molecule has 1 aliphatic rings. The summed E-state index contributed by atoms with van der Waals surface area (Å²) in [6.45, 7) is 7.61. The van der Waals surface area contributed by atoms with Crippen LogP contribution in [-0.4, -0.2) is 19.1 Å². The van der Waals surface area contributed by atoms with Crippen molar-refractivity contribution in [2.45, 2.75) is 45.7 Å². The van der Waals surface area contributed by atoms with Crippen LogP contribution in [0.3, 0.4) is 0 Å². The van der Waals surface area contributed by atoms with Gasteiger partial charge in [-0.2, -0.15) is 0 Å². The zero-order valence-corrected chi connectivity index (χ0v) is 13.0. The molecule has 18 heavy (non-hydrogen) atoms. The summed E-state index contributed by atoms with van der Waals surface area (Å²) in [6.07, 6.45) is 3.88. The number of anilines is 1. The molecule has 0 unspecified atom stereocenters. The van der Waals surface area contributed by atoms with Crippen LogP contribution in [0.15, 0.2) is 22.7 Å². The first-order valence-corrected chi connectivity index (χ1v) is 7.80. The SMILES string of the molecule is CCCN(CC)c1ccc(CNC2CC2)cc1Br. The Labute approximate surface area is 119 Å². The lowest BCUT2D eigenvalue weighted by molar-refractivity contribution is 0.687.